The number of carbonyl (C=O) groups is 1. The monoisotopic (exact) mass is 376 g/mol. The second kappa shape index (κ2) is 7.98. The summed E-state index contributed by atoms with van der Waals surface area (Å²) in [6.07, 6.45) is 12.4. The quantitative estimate of drug-likeness (QED) is 0.753. The van der Waals surface area contributed by atoms with Gasteiger partial charge in [-0.1, -0.05) is 0 Å². The van der Waals surface area contributed by atoms with Crippen molar-refractivity contribution in [1.82, 2.24) is 24.8 Å². The number of hydrogen-bond donors (Lipinski definition) is 1. The van der Waals surface area contributed by atoms with Crippen LogP contribution in [0.3, 0.4) is 0 Å². The van der Waals surface area contributed by atoms with Crippen LogP contribution in [-0.2, 0) is 4.79 Å². The molecule has 1 saturated carbocycles. The van der Waals surface area contributed by atoms with Gasteiger partial charge in [-0.2, -0.15) is 0 Å². The lowest BCUT2D eigenvalue weighted by Gasteiger charge is -2.31. The van der Waals surface area contributed by atoms with Crippen molar-refractivity contribution in [2.75, 3.05) is 19.4 Å². The maximum absolute atomic E-state index is 12.7. The molecule has 1 aliphatic carbocycles. The molecule has 3 aromatic rings. The molecule has 0 aliphatic heterocycles. The first-order chi connectivity index (χ1) is 13.6. The molecule has 0 unspecified atom stereocenters. The van der Waals surface area contributed by atoms with Crippen LogP contribution in [0.25, 0.3) is 22.2 Å². The number of nitrogens with one attached hydrogen (secondary N) is 1. The van der Waals surface area contributed by atoms with E-state index in [1.165, 1.54) is 0 Å². The van der Waals surface area contributed by atoms with Gasteiger partial charge in [-0.3, -0.25) is 19.7 Å². The zero-order valence-electron chi connectivity index (χ0n) is 16.2. The summed E-state index contributed by atoms with van der Waals surface area (Å²) in [5.74, 6) is 0.692. The molecule has 4 rings (SSSR count). The standard InChI is InChI=1S/C21H24N6O/c1-27(2)17-5-3-14(4-6-17)21(28)26-20-10-15-9-18(19-13-22-7-8-23-19)24-11-16(15)12-25-20/h7-14,17H,3-6H2,1-2H3,(H,25,26,28). The molecule has 28 heavy (non-hydrogen) atoms. The summed E-state index contributed by atoms with van der Waals surface area (Å²) in [5.41, 5.74) is 1.45. The number of pyridine rings is 2. The number of nitrogens with zero attached hydrogens (tertiary/aromatic N) is 5. The first-order valence-electron chi connectivity index (χ1n) is 9.59. The predicted octanol–water partition coefficient (Wildman–Crippen LogP) is 3.15. The molecule has 0 atom stereocenters. The number of hydrogen-bond acceptors (Lipinski definition) is 6. The minimum Gasteiger partial charge on any atom is -0.310 e. The van der Waals surface area contributed by atoms with Gasteiger partial charge in [0.2, 0.25) is 5.91 Å². The van der Waals surface area contributed by atoms with Crippen LogP contribution in [0, 0.1) is 5.92 Å². The molecule has 3 aromatic heterocycles. The molecule has 0 saturated heterocycles. The summed E-state index contributed by atoms with van der Waals surface area (Å²) in [4.78, 5) is 32.1. The normalized spacial score (nSPS) is 19.7. The third-order valence-electron chi connectivity index (χ3n) is 5.48. The molecule has 1 fully saturated rings. The van der Waals surface area contributed by atoms with Crippen LogP contribution < -0.4 is 5.32 Å². The van der Waals surface area contributed by atoms with Crippen LogP contribution >= 0.6 is 0 Å². The molecule has 0 aromatic carbocycles. The molecule has 144 valence electrons. The Labute approximate surface area is 164 Å². The van der Waals surface area contributed by atoms with Crippen molar-refractivity contribution in [3.05, 3.63) is 43.1 Å². The summed E-state index contributed by atoms with van der Waals surface area (Å²) >= 11 is 0. The van der Waals surface area contributed by atoms with Gasteiger partial charge in [0.15, 0.2) is 0 Å². The molecular formula is C21H24N6O. The van der Waals surface area contributed by atoms with E-state index >= 15 is 0 Å². The Kier molecular flexibility index (Phi) is 5.25. The van der Waals surface area contributed by atoms with E-state index in [1.54, 1.807) is 31.0 Å². The number of carbonyl (C=O) groups excluding carboxylic acids is 1. The van der Waals surface area contributed by atoms with Gasteiger partial charge in [0.25, 0.3) is 0 Å². The van der Waals surface area contributed by atoms with Crippen LogP contribution in [0.5, 0.6) is 0 Å². The highest BCUT2D eigenvalue weighted by atomic mass is 16.1. The maximum atomic E-state index is 12.7. The third kappa shape index (κ3) is 3.99. The van der Waals surface area contributed by atoms with Crippen molar-refractivity contribution >= 4 is 22.5 Å². The predicted molar refractivity (Wildman–Crippen MR) is 109 cm³/mol. The van der Waals surface area contributed by atoms with Crippen molar-refractivity contribution in [2.24, 2.45) is 5.92 Å². The van der Waals surface area contributed by atoms with E-state index in [-0.39, 0.29) is 11.8 Å². The number of aromatic nitrogens is 4. The van der Waals surface area contributed by atoms with Crippen molar-refractivity contribution in [1.29, 1.82) is 0 Å². The lowest BCUT2D eigenvalue weighted by atomic mass is 9.85. The van der Waals surface area contributed by atoms with Crippen molar-refractivity contribution in [2.45, 2.75) is 31.7 Å². The Morgan fingerprint density at radius 3 is 2.43 bits per heavy atom. The molecule has 0 spiro atoms. The van der Waals surface area contributed by atoms with Gasteiger partial charge in [0.05, 0.1) is 11.9 Å². The molecule has 1 amide bonds. The van der Waals surface area contributed by atoms with Gasteiger partial charge in [0.1, 0.15) is 11.5 Å². The van der Waals surface area contributed by atoms with Gasteiger partial charge < -0.3 is 10.2 Å². The Morgan fingerprint density at radius 1 is 0.929 bits per heavy atom. The summed E-state index contributed by atoms with van der Waals surface area (Å²) < 4.78 is 0. The van der Waals surface area contributed by atoms with E-state index in [0.29, 0.717) is 17.6 Å². The van der Waals surface area contributed by atoms with Gasteiger partial charge in [-0.05, 0) is 57.3 Å². The minimum atomic E-state index is 0.0568. The van der Waals surface area contributed by atoms with Crippen LogP contribution in [0.15, 0.2) is 43.1 Å². The highest BCUT2D eigenvalue weighted by molar-refractivity contribution is 5.94. The summed E-state index contributed by atoms with van der Waals surface area (Å²) in [6, 6.07) is 4.41. The minimum absolute atomic E-state index is 0.0568. The molecular weight excluding hydrogens is 352 g/mol. The summed E-state index contributed by atoms with van der Waals surface area (Å²) in [5, 5.41) is 4.86. The van der Waals surface area contributed by atoms with Crippen LogP contribution in [0.1, 0.15) is 25.7 Å². The summed E-state index contributed by atoms with van der Waals surface area (Å²) in [6.45, 7) is 0. The fraction of sp³-hybridized carbons (Fsp3) is 0.381. The zero-order chi connectivity index (χ0) is 19.5. The SMILES string of the molecule is CN(C)C1CCC(C(=O)Nc2cc3cc(-c4cnccn4)ncc3cn2)CC1. The van der Waals surface area contributed by atoms with E-state index in [1.807, 2.05) is 12.1 Å². The third-order valence-corrected chi connectivity index (χ3v) is 5.48. The van der Waals surface area contributed by atoms with Crippen LogP contribution in [0.2, 0.25) is 0 Å². The topological polar surface area (TPSA) is 83.9 Å². The van der Waals surface area contributed by atoms with Crippen molar-refractivity contribution in [3.8, 4) is 11.4 Å². The molecule has 0 bridgehead atoms. The average Bonchev–Trinajstić information content (AvgIpc) is 2.74. The molecule has 3 heterocycles. The smallest absolute Gasteiger partial charge is 0.228 e. The highest BCUT2D eigenvalue weighted by Gasteiger charge is 2.27. The van der Waals surface area contributed by atoms with Gasteiger partial charge in [0, 0.05) is 42.1 Å². The number of amides is 1. The van der Waals surface area contributed by atoms with E-state index in [0.717, 1.165) is 42.1 Å². The van der Waals surface area contributed by atoms with Crippen LogP contribution in [0.4, 0.5) is 5.82 Å². The fourth-order valence-electron chi connectivity index (χ4n) is 3.76. The first-order valence-corrected chi connectivity index (χ1v) is 9.59. The number of fused-ring (bicyclic) bond motifs is 1. The first kappa shape index (κ1) is 18.4. The lowest BCUT2D eigenvalue weighted by Crippen LogP contribution is -2.35. The lowest BCUT2D eigenvalue weighted by molar-refractivity contribution is -0.121. The average molecular weight is 376 g/mol. The van der Waals surface area contributed by atoms with Crippen molar-refractivity contribution in [3.63, 3.8) is 0 Å². The molecule has 1 N–H and O–H groups in total. The van der Waals surface area contributed by atoms with Crippen LogP contribution in [-0.4, -0.2) is 50.9 Å². The van der Waals surface area contributed by atoms with E-state index in [2.05, 4.69) is 44.2 Å². The second-order valence-corrected chi connectivity index (χ2v) is 7.54. The summed E-state index contributed by atoms with van der Waals surface area (Å²) in [7, 11) is 4.21. The molecule has 7 nitrogen and oxygen atoms in total. The van der Waals surface area contributed by atoms with Gasteiger partial charge in [-0.15, -0.1) is 0 Å². The number of rotatable bonds is 4. The Bertz CT molecular complexity index is 967. The Morgan fingerprint density at radius 2 is 1.71 bits per heavy atom. The largest absolute Gasteiger partial charge is 0.310 e. The number of anilines is 1. The molecule has 7 heteroatoms. The second-order valence-electron chi connectivity index (χ2n) is 7.54. The van der Waals surface area contributed by atoms with Gasteiger partial charge >= 0.3 is 0 Å². The van der Waals surface area contributed by atoms with Crippen molar-refractivity contribution < 1.29 is 4.79 Å². The highest BCUT2D eigenvalue weighted by Crippen LogP contribution is 2.28. The van der Waals surface area contributed by atoms with E-state index in [9.17, 15) is 4.79 Å². The molecule has 0 radical (unpaired) electrons. The zero-order valence-corrected chi connectivity index (χ0v) is 16.2. The fourth-order valence-corrected chi connectivity index (χ4v) is 3.76. The Hall–Kier alpha value is -2.93. The van der Waals surface area contributed by atoms with Gasteiger partial charge in [-0.25, -0.2) is 4.98 Å². The molecule has 1 aliphatic rings. The Balaban J connectivity index is 1.49. The van der Waals surface area contributed by atoms with E-state index in [4.69, 9.17) is 0 Å². The van der Waals surface area contributed by atoms with E-state index < -0.39 is 0 Å². The maximum Gasteiger partial charge on any atom is 0.228 e.